The van der Waals surface area contributed by atoms with Crippen molar-refractivity contribution in [1.29, 1.82) is 0 Å². The van der Waals surface area contributed by atoms with Crippen LogP contribution in [0.3, 0.4) is 0 Å². The molecule has 0 bridgehead atoms. The van der Waals surface area contributed by atoms with Crippen LogP contribution in [-0.4, -0.2) is 27.7 Å². The summed E-state index contributed by atoms with van der Waals surface area (Å²) >= 11 is 0. The van der Waals surface area contributed by atoms with Crippen LogP contribution in [0.1, 0.15) is 10.4 Å². The molecule has 106 valence electrons. The molecule has 21 heavy (non-hydrogen) atoms. The van der Waals surface area contributed by atoms with E-state index in [4.69, 9.17) is 9.84 Å². The third-order valence-electron chi connectivity index (χ3n) is 3.24. The average molecular weight is 284 g/mol. The lowest BCUT2D eigenvalue weighted by Gasteiger charge is -2.06. The zero-order chi connectivity index (χ0) is 15.0. The lowest BCUT2D eigenvalue weighted by molar-refractivity contribution is 0.0697. The van der Waals surface area contributed by atoms with E-state index in [1.165, 1.54) is 16.7 Å². The number of aromatic nitrogens is 2. The van der Waals surface area contributed by atoms with Crippen LogP contribution in [-0.2, 0) is 0 Å². The van der Waals surface area contributed by atoms with E-state index in [0.717, 1.165) is 0 Å². The van der Waals surface area contributed by atoms with Gasteiger partial charge in [-0.1, -0.05) is 6.07 Å². The van der Waals surface area contributed by atoms with Crippen LogP contribution in [0, 0.1) is 0 Å². The quantitative estimate of drug-likeness (QED) is 0.770. The molecule has 2 aromatic carbocycles. The van der Waals surface area contributed by atoms with Crippen molar-refractivity contribution in [3.8, 4) is 11.4 Å². The van der Waals surface area contributed by atoms with E-state index in [1.807, 2.05) is 0 Å². The first-order chi connectivity index (χ1) is 10.1. The first-order valence-corrected chi connectivity index (χ1v) is 6.22. The number of aromatic carboxylic acids is 1. The molecule has 0 spiro atoms. The number of ether oxygens (including phenoxy) is 1. The topological polar surface area (TPSA) is 84.3 Å². The van der Waals surface area contributed by atoms with Gasteiger partial charge in [-0.3, -0.25) is 4.57 Å². The molecule has 0 aliphatic heterocycles. The highest BCUT2D eigenvalue weighted by Gasteiger charge is 2.11. The minimum Gasteiger partial charge on any atom is -0.497 e. The first-order valence-electron chi connectivity index (χ1n) is 6.22. The number of nitrogens with one attached hydrogen (secondary N) is 1. The Kier molecular flexibility index (Phi) is 2.98. The van der Waals surface area contributed by atoms with Crippen LogP contribution < -0.4 is 10.4 Å². The zero-order valence-electron chi connectivity index (χ0n) is 11.2. The Morgan fingerprint density at radius 1 is 1.24 bits per heavy atom. The second-order valence-corrected chi connectivity index (χ2v) is 4.50. The van der Waals surface area contributed by atoms with Crippen molar-refractivity contribution in [3.05, 3.63) is 58.5 Å². The van der Waals surface area contributed by atoms with Gasteiger partial charge in [0.1, 0.15) is 5.75 Å². The highest BCUT2D eigenvalue weighted by molar-refractivity contribution is 5.92. The van der Waals surface area contributed by atoms with E-state index >= 15 is 0 Å². The summed E-state index contributed by atoms with van der Waals surface area (Å²) in [6.45, 7) is 0. The van der Waals surface area contributed by atoms with Gasteiger partial charge in [0.05, 0.1) is 29.4 Å². The van der Waals surface area contributed by atoms with E-state index in [1.54, 1.807) is 37.4 Å². The van der Waals surface area contributed by atoms with E-state index in [0.29, 0.717) is 22.5 Å². The number of nitrogens with zero attached hydrogens (tertiary/aromatic N) is 1. The van der Waals surface area contributed by atoms with E-state index in [-0.39, 0.29) is 11.3 Å². The fourth-order valence-electron chi connectivity index (χ4n) is 2.25. The van der Waals surface area contributed by atoms with Crippen molar-refractivity contribution in [2.75, 3.05) is 7.11 Å². The fourth-order valence-corrected chi connectivity index (χ4v) is 2.25. The SMILES string of the molecule is COc1cccc(-n2c(=O)[nH]c3cc(C(=O)O)ccc32)c1. The molecule has 6 nitrogen and oxygen atoms in total. The summed E-state index contributed by atoms with van der Waals surface area (Å²) in [5.74, 6) is -0.400. The molecule has 0 saturated carbocycles. The number of benzene rings is 2. The summed E-state index contributed by atoms with van der Waals surface area (Å²) in [6.07, 6.45) is 0. The third kappa shape index (κ3) is 2.16. The van der Waals surface area contributed by atoms with Gasteiger partial charge in [0, 0.05) is 6.07 Å². The number of rotatable bonds is 3. The standard InChI is InChI=1S/C15H12N2O4/c1-21-11-4-2-3-10(8-11)17-13-6-5-9(14(18)19)7-12(13)16-15(17)20/h2-8H,1H3,(H,16,20)(H,18,19). The molecule has 0 radical (unpaired) electrons. The van der Waals surface area contributed by atoms with Crippen molar-refractivity contribution in [2.45, 2.75) is 0 Å². The predicted molar refractivity (Wildman–Crippen MR) is 77.4 cm³/mol. The number of H-pyrrole nitrogens is 1. The minimum absolute atomic E-state index is 0.126. The lowest BCUT2D eigenvalue weighted by atomic mass is 10.2. The van der Waals surface area contributed by atoms with Gasteiger partial charge in [-0.2, -0.15) is 0 Å². The van der Waals surface area contributed by atoms with Crippen LogP contribution in [0.4, 0.5) is 0 Å². The molecular formula is C15H12N2O4. The van der Waals surface area contributed by atoms with Crippen molar-refractivity contribution < 1.29 is 14.6 Å². The van der Waals surface area contributed by atoms with Crippen molar-refractivity contribution in [2.24, 2.45) is 0 Å². The fraction of sp³-hybridized carbons (Fsp3) is 0.0667. The Bertz CT molecular complexity index is 892. The number of imidazole rings is 1. The van der Waals surface area contributed by atoms with E-state index in [2.05, 4.69) is 4.98 Å². The third-order valence-corrected chi connectivity index (χ3v) is 3.24. The number of methoxy groups -OCH3 is 1. The molecule has 1 heterocycles. The predicted octanol–water partition coefficient (Wildman–Crippen LogP) is 2.03. The summed E-state index contributed by atoms with van der Waals surface area (Å²) in [4.78, 5) is 25.8. The highest BCUT2D eigenvalue weighted by Crippen LogP contribution is 2.20. The van der Waals surface area contributed by atoms with Crippen LogP contribution in [0.25, 0.3) is 16.7 Å². The number of carboxylic acids is 1. The monoisotopic (exact) mass is 284 g/mol. The van der Waals surface area contributed by atoms with Gasteiger partial charge in [-0.05, 0) is 30.3 Å². The van der Waals surface area contributed by atoms with Gasteiger partial charge in [-0.25, -0.2) is 9.59 Å². The van der Waals surface area contributed by atoms with Gasteiger partial charge >= 0.3 is 11.7 Å². The molecule has 0 aliphatic rings. The molecule has 0 atom stereocenters. The Balaban J connectivity index is 2.25. The number of carbonyl (C=O) groups is 1. The largest absolute Gasteiger partial charge is 0.497 e. The van der Waals surface area contributed by atoms with Crippen LogP contribution >= 0.6 is 0 Å². The molecule has 3 rings (SSSR count). The van der Waals surface area contributed by atoms with Gasteiger partial charge in [-0.15, -0.1) is 0 Å². The molecule has 0 saturated heterocycles. The van der Waals surface area contributed by atoms with Gasteiger partial charge < -0.3 is 14.8 Å². The van der Waals surface area contributed by atoms with Gasteiger partial charge in [0.2, 0.25) is 0 Å². The summed E-state index contributed by atoms with van der Waals surface area (Å²) < 4.78 is 6.63. The van der Waals surface area contributed by atoms with Crippen molar-refractivity contribution in [1.82, 2.24) is 9.55 Å². The lowest BCUT2D eigenvalue weighted by Crippen LogP contribution is -2.14. The molecule has 0 unspecified atom stereocenters. The Morgan fingerprint density at radius 3 is 2.76 bits per heavy atom. The van der Waals surface area contributed by atoms with Gasteiger partial charge in [0.15, 0.2) is 0 Å². The summed E-state index contributed by atoms with van der Waals surface area (Å²) in [6, 6.07) is 11.6. The molecule has 2 N–H and O–H groups in total. The molecule has 3 aromatic rings. The normalized spacial score (nSPS) is 10.7. The molecule has 0 amide bonds. The molecule has 1 aromatic heterocycles. The maximum atomic E-state index is 12.1. The molecule has 0 fully saturated rings. The summed E-state index contributed by atoms with van der Waals surface area (Å²) in [7, 11) is 1.55. The molecule has 0 aliphatic carbocycles. The first kappa shape index (κ1) is 13.0. The van der Waals surface area contributed by atoms with Crippen molar-refractivity contribution in [3.63, 3.8) is 0 Å². The molecular weight excluding hydrogens is 272 g/mol. The number of hydrogen-bond donors (Lipinski definition) is 2. The summed E-state index contributed by atoms with van der Waals surface area (Å²) in [5.41, 5.74) is 1.52. The van der Waals surface area contributed by atoms with Crippen molar-refractivity contribution >= 4 is 17.0 Å². The number of fused-ring (bicyclic) bond motifs is 1. The van der Waals surface area contributed by atoms with Crippen LogP contribution in [0.5, 0.6) is 5.75 Å². The second-order valence-electron chi connectivity index (χ2n) is 4.50. The molecule has 6 heteroatoms. The van der Waals surface area contributed by atoms with Gasteiger partial charge in [0.25, 0.3) is 0 Å². The minimum atomic E-state index is -1.04. The Labute approximate surface area is 119 Å². The Hall–Kier alpha value is -3.02. The maximum Gasteiger partial charge on any atom is 0.335 e. The van der Waals surface area contributed by atoms with Crippen LogP contribution in [0.15, 0.2) is 47.3 Å². The number of carboxylic acid groups (broad SMARTS) is 1. The maximum absolute atomic E-state index is 12.1. The average Bonchev–Trinajstić information content (AvgIpc) is 2.82. The summed E-state index contributed by atoms with van der Waals surface area (Å²) in [5, 5.41) is 8.99. The van der Waals surface area contributed by atoms with E-state index < -0.39 is 5.97 Å². The smallest absolute Gasteiger partial charge is 0.335 e. The van der Waals surface area contributed by atoms with E-state index in [9.17, 15) is 9.59 Å². The second kappa shape index (κ2) is 4.82. The number of hydrogen-bond acceptors (Lipinski definition) is 3. The Morgan fingerprint density at radius 2 is 2.05 bits per heavy atom. The number of aromatic amines is 1. The highest BCUT2D eigenvalue weighted by atomic mass is 16.5. The van der Waals surface area contributed by atoms with Crippen LogP contribution in [0.2, 0.25) is 0 Å². The zero-order valence-corrected chi connectivity index (χ0v) is 11.2.